The molecule has 0 saturated carbocycles. The number of imide groups is 1. The molecule has 0 radical (unpaired) electrons. The summed E-state index contributed by atoms with van der Waals surface area (Å²) in [4.78, 5) is 62.0. The third kappa shape index (κ3) is 4.39. The van der Waals surface area contributed by atoms with Gasteiger partial charge in [-0.1, -0.05) is 19.9 Å². The van der Waals surface area contributed by atoms with Crippen LogP contribution in [0.2, 0.25) is 0 Å². The van der Waals surface area contributed by atoms with Gasteiger partial charge in [0, 0.05) is 11.6 Å². The second kappa shape index (κ2) is 9.04. The molecule has 0 N–H and O–H groups in total. The van der Waals surface area contributed by atoms with Crippen LogP contribution in [0.25, 0.3) is 0 Å². The van der Waals surface area contributed by atoms with Gasteiger partial charge in [-0.2, -0.15) is 0 Å². The van der Waals surface area contributed by atoms with Gasteiger partial charge in [0.05, 0.1) is 10.5 Å². The SMILES string of the molecule is CC(C)CC(C(=O)OCC(=O)c1ccc(F)cc1)N1C(=O)c2cccc([N+](=O)[O-])c2C1=O. The predicted molar refractivity (Wildman–Crippen MR) is 109 cm³/mol. The van der Waals surface area contributed by atoms with E-state index in [9.17, 15) is 33.7 Å². The van der Waals surface area contributed by atoms with Crippen LogP contribution in [-0.2, 0) is 9.53 Å². The number of hydrogen-bond acceptors (Lipinski definition) is 7. The average Bonchev–Trinajstić information content (AvgIpc) is 3.00. The molecule has 2 aromatic rings. The van der Waals surface area contributed by atoms with Gasteiger partial charge in [-0.25, -0.2) is 9.18 Å². The Morgan fingerprint density at radius 1 is 1.09 bits per heavy atom. The molecule has 1 heterocycles. The number of rotatable bonds is 8. The van der Waals surface area contributed by atoms with E-state index in [0.717, 1.165) is 18.2 Å². The quantitative estimate of drug-likeness (QED) is 0.202. The summed E-state index contributed by atoms with van der Waals surface area (Å²) in [6, 6.07) is 6.93. The number of carbonyl (C=O) groups is 4. The van der Waals surface area contributed by atoms with Crippen LogP contribution in [0, 0.1) is 21.8 Å². The number of Topliss-reactive ketones (excluding diaryl/α,β-unsaturated/α-hetero) is 1. The summed E-state index contributed by atoms with van der Waals surface area (Å²) in [6.45, 7) is 2.83. The first-order valence-corrected chi connectivity index (χ1v) is 9.72. The molecular weight excluding hydrogens is 423 g/mol. The Morgan fingerprint density at radius 2 is 1.75 bits per heavy atom. The minimum absolute atomic E-state index is 0.0306. The summed E-state index contributed by atoms with van der Waals surface area (Å²) in [5.74, 6) is -4.09. The van der Waals surface area contributed by atoms with Crippen LogP contribution >= 0.6 is 0 Å². The van der Waals surface area contributed by atoms with Crippen molar-refractivity contribution in [2.24, 2.45) is 5.92 Å². The molecular formula is C22H19FN2O7. The minimum Gasteiger partial charge on any atom is -0.456 e. The Labute approximate surface area is 181 Å². The molecule has 1 atom stereocenters. The number of nitrogens with zero attached hydrogens (tertiary/aromatic N) is 2. The summed E-state index contributed by atoms with van der Waals surface area (Å²) >= 11 is 0. The van der Waals surface area contributed by atoms with Gasteiger partial charge in [0.15, 0.2) is 12.4 Å². The van der Waals surface area contributed by atoms with E-state index >= 15 is 0 Å². The number of amides is 2. The Bertz CT molecular complexity index is 1110. The number of carbonyl (C=O) groups excluding carboxylic acids is 4. The van der Waals surface area contributed by atoms with Crippen molar-refractivity contribution >= 4 is 29.3 Å². The van der Waals surface area contributed by atoms with Gasteiger partial charge in [0.25, 0.3) is 17.5 Å². The van der Waals surface area contributed by atoms with Crippen LogP contribution in [0.1, 0.15) is 51.3 Å². The molecule has 9 nitrogen and oxygen atoms in total. The lowest BCUT2D eigenvalue weighted by Gasteiger charge is -2.25. The molecule has 1 aliphatic heterocycles. The van der Waals surface area contributed by atoms with Crippen molar-refractivity contribution in [3.8, 4) is 0 Å². The van der Waals surface area contributed by atoms with Crippen molar-refractivity contribution in [2.75, 3.05) is 6.61 Å². The smallest absolute Gasteiger partial charge is 0.329 e. The fraction of sp³-hybridized carbons (Fsp3) is 0.273. The van der Waals surface area contributed by atoms with Crippen LogP contribution in [-0.4, -0.2) is 46.0 Å². The number of halogens is 1. The van der Waals surface area contributed by atoms with Gasteiger partial charge < -0.3 is 4.74 Å². The topological polar surface area (TPSA) is 124 Å². The van der Waals surface area contributed by atoms with Gasteiger partial charge in [-0.15, -0.1) is 0 Å². The van der Waals surface area contributed by atoms with E-state index in [1.807, 2.05) is 0 Å². The molecule has 3 rings (SSSR count). The first-order chi connectivity index (χ1) is 15.1. The molecule has 0 spiro atoms. The molecule has 10 heteroatoms. The van der Waals surface area contributed by atoms with Crippen molar-refractivity contribution < 1.29 is 33.2 Å². The number of benzene rings is 2. The van der Waals surface area contributed by atoms with Crippen molar-refractivity contribution in [3.05, 3.63) is 75.1 Å². The minimum atomic E-state index is -1.37. The Morgan fingerprint density at radius 3 is 2.34 bits per heavy atom. The second-order valence-electron chi connectivity index (χ2n) is 7.62. The van der Waals surface area contributed by atoms with E-state index in [1.165, 1.54) is 24.3 Å². The standard InChI is InChI=1S/C22H19FN2O7/c1-12(2)10-17(22(29)32-11-18(26)13-6-8-14(23)9-7-13)24-20(27)15-4-3-5-16(25(30)31)19(15)21(24)28/h3-9,12,17H,10-11H2,1-2H3. The van der Waals surface area contributed by atoms with Crippen molar-refractivity contribution in [3.63, 3.8) is 0 Å². The van der Waals surface area contributed by atoms with Gasteiger partial charge in [0.2, 0.25) is 0 Å². The Balaban J connectivity index is 1.84. The van der Waals surface area contributed by atoms with E-state index in [-0.39, 0.29) is 29.0 Å². The Hall–Kier alpha value is -3.95. The summed E-state index contributed by atoms with van der Waals surface area (Å²) < 4.78 is 18.1. The van der Waals surface area contributed by atoms with Crippen LogP contribution in [0.15, 0.2) is 42.5 Å². The van der Waals surface area contributed by atoms with E-state index in [1.54, 1.807) is 13.8 Å². The monoisotopic (exact) mass is 442 g/mol. The molecule has 0 fully saturated rings. The highest BCUT2D eigenvalue weighted by Gasteiger charge is 2.47. The van der Waals surface area contributed by atoms with E-state index < -0.39 is 52.6 Å². The molecule has 0 aliphatic carbocycles. The number of nitro benzene ring substituents is 1. The molecule has 2 amide bonds. The zero-order valence-corrected chi connectivity index (χ0v) is 17.2. The van der Waals surface area contributed by atoms with Crippen LogP contribution in [0.3, 0.4) is 0 Å². The normalized spacial score (nSPS) is 13.8. The summed E-state index contributed by atoms with van der Waals surface area (Å²) in [6.07, 6.45) is 0.0306. The first-order valence-electron chi connectivity index (χ1n) is 9.72. The van der Waals surface area contributed by atoms with Gasteiger partial charge in [0.1, 0.15) is 17.4 Å². The van der Waals surface area contributed by atoms with Crippen molar-refractivity contribution in [1.29, 1.82) is 0 Å². The molecule has 0 saturated heterocycles. The third-order valence-electron chi connectivity index (χ3n) is 4.91. The maximum atomic E-state index is 13.0. The van der Waals surface area contributed by atoms with Crippen molar-refractivity contribution in [1.82, 2.24) is 4.90 Å². The van der Waals surface area contributed by atoms with E-state index in [4.69, 9.17) is 4.74 Å². The highest BCUT2D eigenvalue weighted by atomic mass is 19.1. The van der Waals surface area contributed by atoms with Gasteiger partial charge in [-0.05, 0) is 42.7 Å². The number of nitro groups is 1. The fourth-order valence-corrected chi connectivity index (χ4v) is 3.43. The van der Waals surface area contributed by atoms with Gasteiger partial charge >= 0.3 is 5.97 Å². The third-order valence-corrected chi connectivity index (χ3v) is 4.91. The summed E-state index contributed by atoms with van der Waals surface area (Å²) in [5, 5.41) is 11.3. The molecule has 2 aromatic carbocycles. The average molecular weight is 442 g/mol. The maximum absolute atomic E-state index is 13.0. The zero-order valence-electron chi connectivity index (χ0n) is 17.2. The number of hydrogen-bond donors (Lipinski definition) is 0. The highest BCUT2D eigenvalue weighted by molar-refractivity contribution is 6.24. The predicted octanol–water partition coefficient (Wildman–Crippen LogP) is 3.17. The lowest BCUT2D eigenvalue weighted by Crippen LogP contribution is -2.46. The van der Waals surface area contributed by atoms with E-state index in [2.05, 4.69) is 0 Å². The highest BCUT2D eigenvalue weighted by Crippen LogP contribution is 2.33. The molecule has 0 aromatic heterocycles. The largest absolute Gasteiger partial charge is 0.456 e. The Kier molecular flexibility index (Phi) is 6.42. The summed E-state index contributed by atoms with van der Waals surface area (Å²) in [5.41, 5.74) is -0.970. The van der Waals surface area contributed by atoms with Crippen LogP contribution in [0.4, 0.5) is 10.1 Å². The molecule has 166 valence electrons. The van der Waals surface area contributed by atoms with Crippen LogP contribution in [0.5, 0.6) is 0 Å². The lowest BCUT2D eigenvalue weighted by atomic mass is 10.0. The number of ether oxygens (including phenoxy) is 1. The second-order valence-corrected chi connectivity index (χ2v) is 7.62. The van der Waals surface area contributed by atoms with Crippen molar-refractivity contribution in [2.45, 2.75) is 26.3 Å². The number of ketones is 1. The summed E-state index contributed by atoms with van der Waals surface area (Å²) in [7, 11) is 0. The first kappa shape index (κ1) is 22.7. The maximum Gasteiger partial charge on any atom is 0.329 e. The fourth-order valence-electron chi connectivity index (χ4n) is 3.43. The van der Waals surface area contributed by atoms with E-state index in [0.29, 0.717) is 4.90 Å². The molecule has 1 unspecified atom stereocenters. The van der Waals surface area contributed by atoms with Crippen LogP contribution < -0.4 is 0 Å². The number of fused-ring (bicyclic) bond motifs is 1. The molecule has 0 bridgehead atoms. The molecule has 1 aliphatic rings. The van der Waals surface area contributed by atoms with Gasteiger partial charge in [-0.3, -0.25) is 29.4 Å². The molecule has 32 heavy (non-hydrogen) atoms. The zero-order chi connectivity index (χ0) is 23.6. The number of esters is 1. The lowest BCUT2D eigenvalue weighted by molar-refractivity contribution is -0.385.